The number of halogens is 1. The number of benzene rings is 2. The summed E-state index contributed by atoms with van der Waals surface area (Å²) in [5.74, 6) is -0.599. The van der Waals surface area contributed by atoms with Crippen molar-refractivity contribution in [3.8, 4) is 5.75 Å². The first-order valence-corrected chi connectivity index (χ1v) is 12.7. The molecule has 2 atom stereocenters. The van der Waals surface area contributed by atoms with Crippen LogP contribution in [-0.4, -0.2) is 29.0 Å². The number of nitrogens with zero attached hydrogens (tertiary/aromatic N) is 1. The number of hydrogen-bond donors (Lipinski definition) is 3. The fourth-order valence-electron chi connectivity index (χ4n) is 4.18. The van der Waals surface area contributed by atoms with Crippen LogP contribution in [0.2, 0.25) is 0 Å². The average Bonchev–Trinajstić information content (AvgIpc) is 3.34. The van der Waals surface area contributed by atoms with E-state index in [1.807, 2.05) is 31.2 Å². The summed E-state index contributed by atoms with van der Waals surface area (Å²) in [7, 11) is 0. The average molecular weight is 497 g/mol. The van der Waals surface area contributed by atoms with Gasteiger partial charge >= 0.3 is 6.03 Å². The smallest absolute Gasteiger partial charge is 0.319 e. The van der Waals surface area contributed by atoms with Crippen molar-refractivity contribution in [1.82, 2.24) is 15.6 Å². The maximum atomic E-state index is 13.7. The Hall–Kier alpha value is -3.46. The number of urea groups is 1. The summed E-state index contributed by atoms with van der Waals surface area (Å²) in [4.78, 5) is 29.9. The van der Waals surface area contributed by atoms with Crippen molar-refractivity contribution in [1.29, 1.82) is 0 Å². The monoisotopic (exact) mass is 496 g/mol. The van der Waals surface area contributed by atoms with E-state index >= 15 is 0 Å². The number of amides is 3. The summed E-state index contributed by atoms with van der Waals surface area (Å²) in [5, 5.41) is 11.2. The van der Waals surface area contributed by atoms with Gasteiger partial charge in [0.15, 0.2) is 11.6 Å². The first-order chi connectivity index (χ1) is 17.0. The second-order valence-electron chi connectivity index (χ2n) is 8.43. The molecule has 3 N–H and O–H groups in total. The largest absolute Gasteiger partial charge is 0.483 e. The minimum atomic E-state index is -0.444. The first-order valence-electron chi connectivity index (χ1n) is 11.8. The molecule has 9 heteroatoms. The van der Waals surface area contributed by atoms with Crippen LogP contribution in [0, 0.1) is 5.82 Å². The zero-order valence-electron chi connectivity index (χ0n) is 19.6. The Labute approximate surface area is 208 Å². The fraction of sp³-hybridized carbons (Fsp3) is 0.346. The van der Waals surface area contributed by atoms with E-state index < -0.39 is 5.82 Å². The Kier molecular flexibility index (Phi) is 8.31. The molecule has 3 amide bonds. The number of carbonyl (C=O) groups is 2. The van der Waals surface area contributed by atoms with Crippen LogP contribution in [0.1, 0.15) is 53.7 Å². The molecule has 0 radical (unpaired) electrons. The number of thiazole rings is 1. The lowest BCUT2D eigenvalue weighted by Gasteiger charge is -2.32. The van der Waals surface area contributed by atoms with Gasteiger partial charge < -0.3 is 20.7 Å². The number of anilines is 1. The second-order valence-corrected chi connectivity index (χ2v) is 9.37. The van der Waals surface area contributed by atoms with Gasteiger partial charge in [-0.1, -0.05) is 50.1 Å². The quantitative estimate of drug-likeness (QED) is 0.395. The molecule has 1 aromatic heterocycles. The number of carbonyl (C=O) groups excluding carboxylic acids is 2. The molecule has 0 unspecified atom stereocenters. The van der Waals surface area contributed by atoms with Gasteiger partial charge in [0.25, 0.3) is 5.91 Å². The van der Waals surface area contributed by atoms with Crippen molar-refractivity contribution in [3.05, 3.63) is 76.0 Å². The van der Waals surface area contributed by atoms with Gasteiger partial charge in [0, 0.05) is 17.1 Å². The lowest BCUT2D eigenvalue weighted by molar-refractivity contribution is 0.0911. The summed E-state index contributed by atoms with van der Waals surface area (Å²) in [5.41, 5.74) is 2.14. The van der Waals surface area contributed by atoms with E-state index in [2.05, 4.69) is 20.9 Å². The van der Waals surface area contributed by atoms with Crippen LogP contribution < -0.4 is 20.7 Å². The molecule has 3 aromatic rings. The third-order valence-electron chi connectivity index (χ3n) is 6.02. The van der Waals surface area contributed by atoms with Crippen molar-refractivity contribution >= 4 is 29.0 Å². The van der Waals surface area contributed by atoms with Crippen molar-refractivity contribution in [2.75, 3.05) is 5.32 Å². The van der Waals surface area contributed by atoms with Gasteiger partial charge in [-0.05, 0) is 43.0 Å². The Morgan fingerprint density at radius 3 is 2.54 bits per heavy atom. The Balaban J connectivity index is 1.33. The van der Waals surface area contributed by atoms with E-state index in [-0.39, 0.29) is 42.1 Å². The molecule has 1 saturated carbocycles. The van der Waals surface area contributed by atoms with E-state index in [1.165, 1.54) is 17.4 Å². The van der Waals surface area contributed by atoms with Crippen LogP contribution in [0.15, 0.2) is 53.9 Å². The number of aryl methyl sites for hydroxylation is 1. The van der Waals surface area contributed by atoms with E-state index in [4.69, 9.17) is 4.74 Å². The number of hydrogen-bond acceptors (Lipinski definition) is 5. The van der Waals surface area contributed by atoms with Crippen LogP contribution in [0.25, 0.3) is 0 Å². The molecular weight excluding hydrogens is 467 g/mol. The lowest BCUT2D eigenvalue weighted by atomic mass is 9.90. The summed E-state index contributed by atoms with van der Waals surface area (Å²) in [6.45, 7) is 2.12. The van der Waals surface area contributed by atoms with E-state index in [1.54, 1.807) is 23.6 Å². The summed E-state index contributed by atoms with van der Waals surface area (Å²) in [6, 6.07) is 13.2. The Bertz CT molecular complexity index is 1170. The molecule has 0 bridgehead atoms. The zero-order valence-corrected chi connectivity index (χ0v) is 20.4. The molecule has 1 aliphatic carbocycles. The van der Waals surface area contributed by atoms with Crippen LogP contribution in [0.4, 0.5) is 14.9 Å². The van der Waals surface area contributed by atoms with Gasteiger partial charge in [-0.3, -0.25) is 4.79 Å². The van der Waals surface area contributed by atoms with Crippen LogP contribution in [0.3, 0.4) is 0 Å². The van der Waals surface area contributed by atoms with Crippen molar-refractivity contribution < 1.29 is 18.7 Å². The normalized spacial score (nSPS) is 17.4. The number of rotatable bonds is 8. The minimum Gasteiger partial charge on any atom is -0.483 e. The minimum absolute atomic E-state index is 0.0753. The number of para-hydroxylation sites is 2. The lowest BCUT2D eigenvalue weighted by Crippen LogP contribution is -2.54. The molecule has 1 heterocycles. The highest BCUT2D eigenvalue weighted by atomic mass is 32.1. The molecule has 0 aliphatic heterocycles. The first kappa shape index (κ1) is 24.7. The third kappa shape index (κ3) is 6.57. The maximum absolute atomic E-state index is 13.7. The predicted molar refractivity (Wildman–Crippen MR) is 134 cm³/mol. The molecule has 2 aromatic carbocycles. The van der Waals surface area contributed by atoms with E-state index in [0.717, 1.165) is 43.4 Å². The number of aromatic nitrogens is 1. The molecule has 1 aliphatic rings. The summed E-state index contributed by atoms with van der Waals surface area (Å²) in [6.07, 6.45) is 4.33. The maximum Gasteiger partial charge on any atom is 0.319 e. The van der Waals surface area contributed by atoms with E-state index in [0.29, 0.717) is 5.01 Å². The van der Waals surface area contributed by atoms with Crippen molar-refractivity contribution in [2.24, 2.45) is 0 Å². The van der Waals surface area contributed by atoms with Gasteiger partial charge in [0.1, 0.15) is 17.3 Å². The van der Waals surface area contributed by atoms with Gasteiger partial charge in [-0.25, -0.2) is 14.2 Å². The SMILES string of the molecule is CCc1ccccc1NC(=O)N[C@H]1CCCC[C@@H]1NC(=O)c1csc(COc2ccccc2F)n1. The summed E-state index contributed by atoms with van der Waals surface area (Å²) < 4.78 is 19.2. The van der Waals surface area contributed by atoms with Crippen LogP contribution in [-0.2, 0) is 13.0 Å². The highest BCUT2D eigenvalue weighted by molar-refractivity contribution is 7.09. The molecule has 0 saturated heterocycles. The van der Waals surface area contributed by atoms with Gasteiger partial charge in [0.05, 0.1) is 6.04 Å². The number of nitrogens with one attached hydrogen (secondary N) is 3. The number of ether oxygens (including phenoxy) is 1. The topological polar surface area (TPSA) is 92.4 Å². The van der Waals surface area contributed by atoms with Crippen molar-refractivity contribution in [2.45, 2.75) is 57.7 Å². The molecule has 7 nitrogen and oxygen atoms in total. The van der Waals surface area contributed by atoms with Gasteiger partial charge in [0.2, 0.25) is 0 Å². The predicted octanol–water partition coefficient (Wildman–Crippen LogP) is 5.29. The van der Waals surface area contributed by atoms with E-state index in [9.17, 15) is 14.0 Å². The molecule has 4 rings (SSSR count). The fourth-order valence-corrected chi connectivity index (χ4v) is 4.86. The van der Waals surface area contributed by atoms with Crippen molar-refractivity contribution in [3.63, 3.8) is 0 Å². The second kappa shape index (κ2) is 11.8. The molecular formula is C26H29FN4O3S. The van der Waals surface area contributed by atoms with Gasteiger partial charge in [-0.15, -0.1) is 11.3 Å². The Morgan fingerprint density at radius 1 is 1.06 bits per heavy atom. The highest BCUT2D eigenvalue weighted by Crippen LogP contribution is 2.22. The van der Waals surface area contributed by atoms with Crippen LogP contribution >= 0.6 is 11.3 Å². The molecule has 1 fully saturated rings. The molecule has 35 heavy (non-hydrogen) atoms. The standard InChI is InChI=1S/C26H29FN4O3S/c1-2-17-9-3-5-11-19(17)30-26(33)31-21-13-7-6-12-20(21)29-25(32)22-16-35-24(28-22)15-34-23-14-8-4-10-18(23)27/h3-5,8-11,14,16,20-21H,2,6-7,12-13,15H2,1H3,(H,29,32)(H2,30,31,33)/t20-,21-/m0/s1. The molecule has 184 valence electrons. The van der Waals surface area contributed by atoms with Crippen LogP contribution in [0.5, 0.6) is 5.75 Å². The third-order valence-corrected chi connectivity index (χ3v) is 6.84. The molecule has 0 spiro atoms. The zero-order chi connectivity index (χ0) is 24.6. The van der Waals surface area contributed by atoms with Gasteiger partial charge in [-0.2, -0.15) is 0 Å². The summed E-state index contributed by atoms with van der Waals surface area (Å²) >= 11 is 1.28. The Morgan fingerprint density at radius 2 is 1.77 bits per heavy atom. The highest BCUT2D eigenvalue weighted by Gasteiger charge is 2.29.